The van der Waals surface area contributed by atoms with E-state index in [1.165, 1.54) is 29.2 Å². The number of nitrogens with zero attached hydrogens (tertiary/aromatic N) is 6. The number of aromatic amines is 1. The molecule has 1 saturated heterocycles. The molecule has 10 nitrogen and oxygen atoms in total. The lowest BCUT2D eigenvalue weighted by Gasteiger charge is -2.41. The van der Waals surface area contributed by atoms with Crippen molar-refractivity contribution in [2.45, 2.75) is 31.7 Å². The average molecular weight is 566 g/mol. The van der Waals surface area contributed by atoms with Crippen LogP contribution in [0.4, 0.5) is 15.9 Å². The molecular weight excluding hydrogens is 537 g/mol. The monoisotopic (exact) mass is 565 g/mol. The molecule has 5 rings (SSSR count). The smallest absolute Gasteiger partial charge is 0.246 e. The number of benzene rings is 1. The summed E-state index contributed by atoms with van der Waals surface area (Å²) in [6.45, 7) is 6.88. The number of aliphatic imine (C=N–C) groups is 1. The molecule has 1 aromatic carbocycles. The highest BCUT2D eigenvalue weighted by atomic mass is 35.5. The number of rotatable bonds is 7. The van der Waals surface area contributed by atoms with Crippen LogP contribution < -0.4 is 4.90 Å². The second kappa shape index (κ2) is 11.1. The second-order valence-electron chi connectivity index (χ2n) is 9.81. The Labute approximate surface area is 235 Å². The fraction of sp³-hybridized carbons (Fsp3) is 0.321. The van der Waals surface area contributed by atoms with E-state index < -0.39 is 5.82 Å². The Morgan fingerprint density at radius 1 is 1.35 bits per heavy atom. The number of hydrogen-bond donors (Lipinski definition) is 2. The van der Waals surface area contributed by atoms with Crippen molar-refractivity contribution in [3.05, 3.63) is 65.2 Å². The normalized spacial score (nSPS) is 17.6. The number of H-pyrrole nitrogens is 1. The first kappa shape index (κ1) is 27.3. The molecule has 3 aromatic rings. The van der Waals surface area contributed by atoms with Crippen LogP contribution in [0.25, 0.3) is 11.3 Å². The lowest BCUT2D eigenvalue weighted by molar-refractivity contribution is -0.128. The van der Waals surface area contributed by atoms with Crippen molar-refractivity contribution in [1.29, 1.82) is 0 Å². The molecule has 0 spiro atoms. The third kappa shape index (κ3) is 4.92. The Kier molecular flexibility index (Phi) is 7.57. The van der Waals surface area contributed by atoms with E-state index in [1.807, 2.05) is 11.8 Å². The number of aromatic hydroxyl groups is 1. The third-order valence-corrected chi connectivity index (χ3v) is 7.52. The van der Waals surface area contributed by atoms with Gasteiger partial charge in [0.1, 0.15) is 17.4 Å². The first-order valence-corrected chi connectivity index (χ1v) is 13.3. The Bertz CT molecular complexity index is 1480. The van der Waals surface area contributed by atoms with Crippen molar-refractivity contribution >= 4 is 41.3 Å². The maximum absolute atomic E-state index is 15.0. The van der Waals surface area contributed by atoms with Crippen LogP contribution in [0, 0.1) is 5.82 Å². The summed E-state index contributed by atoms with van der Waals surface area (Å²) in [6.07, 6.45) is 5.44. The topological polar surface area (TPSA) is 118 Å². The van der Waals surface area contributed by atoms with E-state index in [0.29, 0.717) is 43.1 Å². The van der Waals surface area contributed by atoms with E-state index in [1.54, 1.807) is 24.2 Å². The number of anilines is 2. The first-order valence-electron chi connectivity index (χ1n) is 12.9. The number of carbonyl (C=O) groups is 2. The molecule has 1 aliphatic carbocycles. The molecule has 2 fully saturated rings. The van der Waals surface area contributed by atoms with Gasteiger partial charge in [0.15, 0.2) is 5.82 Å². The minimum Gasteiger partial charge on any atom is -0.507 e. The van der Waals surface area contributed by atoms with Gasteiger partial charge in [0.05, 0.1) is 33.2 Å². The molecular formula is C28H29ClFN7O3. The first-order chi connectivity index (χ1) is 19.3. The molecule has 2 N–H and O–H groups in total. The van der Waals surface area contributed by atoms with Gasteiger partial charge in [-0.2, -0.15) is 5.10 Å². The molecule has 12 heteroatoms. The van der Waals surface area contributed by atoms with Crippen LogP contribution in [-0.4, -0.2) is 81.0 Å². The van der Waals surface area contributed by atoms with Crippen molar-refractivity contribution in [1.82, 2.24) is 25.0 Å². The Morgan fingerprint density at radius 3 is 2.75 bits per heavy atom. The summed E-state index contributed by atoms with van der Waals surface area (Å²) >= 11 is 6.70. The zero-order valence-corrected chi connectivity index (χ0v) is 22.9. The van der Waals surface area contributed by atoms with Gasteiger partial charge in [-0.1, -0.05) is 24.2 Å². The molecule has 0 radical (unpaired) electrons. The molecule has 0 bridgehead atoms. The van der Waals surface area contributed by atoms with Crippen molar-refractivity contribution < 1.29 is 19.1 Å². The van der Waals surface area contributed by atoms with E-state index in [2.05, 4.69) is 21.8 Å². The van der Waals surface area contributed by atoms with Crippen LogP contribution in [-0.2, 0) is 9.59 Å². The number of aromatic nitrogens is 3. The number of carbonyl (C=O) groups excluding carboxylic acids is 2. The van der Waals surface area contributed by atoms with Gasteiger partial charge in [-0.25, -0.2) is 9.37 Å². The molecule has 3 heterocycles. The molecule has 1 aliphatic heterocycles. The third-order valence-electron chi connectivity index (χ3n) is 7.23. The maximum atomic E-state index is 15.0. The van der Waals surface area contributed by atoms with Crippen molar-refractivity contribution in [2.24, 2.45) is 4.99 Å². The lowest BCUT2D eigenvalue weighted by Crippen LogP contribution is -2.55. The van der Waals surface area contributed by atoms with Crippen LogP contribution >= 0.6 is 11.6 Å². The van der Waals surface area contributed by atoms with Crippen LogP contribution in [0.2, 0.25) is 5.02 Å². The predicted molar refractivity (Wildman–Crippen MR) is 150 cm³/mol. The van der Waals surface area contributed by atoms with E-state index in [4.69, 9.17) is 16.6 Å². The number of pyridine rings is 1. The zero-order chi connectivity index (χ0) is 28.6. The summed E-state index contributed by atoms with van der Waals surface area (Å²) in [6, 6.07) is 5.35. The molecule has 2 aliphatic rings. The maximum Gasteiger partial charge on any atom is 0.246 e. The van der Waals surface area contributed by atoms with Gasteiger partial charge in [-0.15, -0.1) is 0 Å². The summed E-state index contributed by atoms with van der Waals surface area (Å²) < 4.78 is 15.0. The number of amidine groups is 1. The van der Waals surface area contributed by atoms with E-state index in [-0.39, 0.29) is 45.7 Å². The molecule has 1 atom stereocenters. The summed E-state index contributed by atoms with van der Waals surface area (Å²) in [4.78, 5) is 39.3. The predicted octanol–water partition coefficient (Wildman–Crippen LogP) is 4.24. The fourth-order valence-corrected chi connectivity index (χ4v) is 5.37. The number of piperazine rings is 1. The lowest BCUT2D eigenvalue weighted by atomic mass is 10.0. The highest BCUT2D eigenvalue weighted by Gasteiger charge is 2.35. The van der Waals surface area contributed by atoms with Gasteiger partial charge in [0.25, 0.3) is 0 Å². The SMILES string of the molecule is C=CC(=O)N1CCN(/C(=N/C)c2cc(Cl)c(-c3c(O)cccc3F)nc2N(C=O)c2c[nH]nc2C2CC2)C(C)C1. The van der Waals surface area contributed by atoms with E-state index in [9.17, 15) is 19.1 Å². The molecule has 1 unspecified atom stereocenters. The Hall–Kier alpha value is -4.25. The summed E-state index contributed by atoms with van der Waals surface area (Å²) in [5.41, 5.74) is 1.47. The second-order valence-corrected chi connectivity index (χ2v) is 10.2. The van der Waals surface area contributed by atoms with Gasteiger partial charge < -0.3 is 14.9 Å². The molecule has 208 valence electrons. The number of hydrogen-bond acceptors (Lipinski definition) is 6. The van der Waals surface area contributed by atoms with Crippen molar-refractivity contribution in [3.63, 3.8) is 0 Å². The van der Waals surface area contributed by atoms with Crippen molar-refractivity contribution in [2.75, 3.05) is 31.6 Å². The highest BCUT2D eigenvalue weighted by Crippen LogP contribution is 2.45. The van der Waals surface area contributed by atoms with Crippen LogP contribution in [0.3, 0.4) is 0 Å². The van der Waals surface area contributed by atoms with Gasteiger partial charge in [0.2, 0.25) is 12.3 Å². The minimum absolute atomic E-state index is 0.0239. The largest absolute Gasteiger partial charge is 0.507 e. The molecule has 2 amide bonds. The number of nitrogens with one attached hydrogen (secondary N) is 1. The summed E-state index contributed by atoms with van der Waals surface area (Å²) in [7, 11) is 1.62. The fourth-order valence-electron chi connectivity index (χ4n) is 5.12. The van der Waals surface area contributed by atoms with Gasteiger partial charge in [0, 0.05) is 44.8 Å². The van der Waals surface area contributed by atoms with Gasteiger partial charge >= 0.3 is 0 Å². The molecule has 2 aromatic heterocycles. The quantitative estimate of drug-likeness (QED) is 0.191. The van der Waals surface area contributed by atoms with Gasteiger partial charge in [-0.05, 0) is 44.0 Å². The van der Waals surface area contributed by atoms with Crippen LogP contribution in [0.1, 0.15) is 36.9 Å². The van der Waals surface area contributed by atoms with Crippen LogP contribution in [0.15, 0.2) is 48.1 Å². The average Bonchev–Trinajstić information content (AvgIpc) is 3.68. The Balaban J connectivity index is 1.67. The standard InChI is InChI=1S/C28H29ClFN7O3/c1-4-23(40)35-10-11-36(16(2)14-35)27(31-3)18-12-19(29)26(24-20(30)6-5-7-22(24)39)33-28(18)37(15-38)21-13-32-34-25(21)17-8-9-17/h4-7,12-13,15-17,39H,1,8-11,14H2,2-3H3,(H,32,34)/b31-27+. The summed E-state index contributed by atoms with van der Waals surface area (Å²) in [5.74, 6) is -0.347. The van der Waals surface area contributed by atoms with E-state index >= 15 is 0 Å². The number of phenols is 1. The van der Waals surface area contributed by atoms with Gasteiger partial charge in [-0.3, -0.25) is 24.6 Å². The Morgan fingerprint density at radius 2 is 2.12 bits per heavy atom. The van der Waals surface area contributed by atoms with Crippen molar-refractivity contribution in [3.8, 4) is 17.0 Å². The van der Waals surface area contributed by atoms with Crippen LogP contribution in [0.5, 0.6) is 5.75 Å². The number of halogens is 2. The number of phenolic OH excluding ortho intramolecular Hbond substituents is 1. The van der Waals surface area contributed by atoms with E-state index in [0.717, 1.165) is 18.5 Å². The molecule has 40 heavy (non-hydrogen) atoms. The zero-order valence-electron chi connectivity index (χ0n) is 22.1. The summed E-state index contributed by atoms with van der Waals surface area (Å²) in [5, 5.41) is 17.8. The highest BCUT2D eigenvalue weighted by molar-refractivity contribution is 6.33. The number of amides is 2. The minimum atomic E-state index is -0.714. The molecule has 1 saturated carbocycles.